The Hall–Kier alpha value is -1.29. The molecule has 2 N–H and O–H groups in total. The highest BCUT2D eigenvalue weighted by molar-refractivity contribution is 6.31. The summed E-state index contributed by atoms with van der Waals surface area (Å²) >= 11 is 5.91. The zero-order chi connectivity index (χ0) is 13.3. The van der Waals surface area contributed by atoms with Crippen LogP contribution in [-0.2, 0) is 0 Å². The van der Waals surface area contributed by atoms with Crippen LogP contribution < -0.4 is 5.73 Å². The highest BCUT2D eigenvalue weighted by atomic mass is 35.5. The van der Waals surface area contributed by atoms with E-state index in [1.165, 1.54) is 0 Å². The molecular weight excluding hydrogens is 248 g/mol. The van der Waals surface area contributed by atoms with Crippen LogP contribution in [0.2, 0.25) is 5.02 Å². The maximum Gasteiger partial charge on any atom is 0.202 e. The van der Waals surface area contributed by atoms with E-state index in [1.807, 2.05) is 4.57 Å². The normalized spacial score (nSPS) is 14.9. The van der Waals surface area contributed by atoms with Crippen LogP contribution in [0.15, 0.2) is 12.3 Å². The molecule has 0 fully saturated rings. The van der Waals surface area contributed by atoms with Gasteiger partial charge in [-0.2, -0.15) is 0 Å². The van der Waals surface area contributed by atoms with E-state index in [4.69, 9.17) is 17.3 Å². The monoisotopic (exact) mass is 266 g/mol. The minimum absolute atomic E-state index is 0.290. The van der Waals surface area contributed by atoms with Crippen molar-refractivity contribution in [3.05, 3.63) is 17.3 Å². The van der Waals surface area contributed by atoms with Crippen molar-refractivity contribution in [3.63, 3.8) is 0 Å². The first-order valence-corrected chi connectivity index (χ1v) is 6.69. The van der Waals surface area contributed by atoms with Crippen LogP contribution in [-0.4, -0.2) is 14.5 Å². The summed E-state index contributed by atoms with van der Waals surface area (Å²) in [5.74, 6) is 1.17. The summed E-state index contributed by atoms with van der Waals surface area (Å²) in [6.07, 6.45) is 3.87. The summed E-state index contributed by atoms with van der Waals surface area (Å²) in [6.45, 7) is 6.60. The third-order valence-corrected chi connectivity index (χ3v) is 3.61. The number of hydrogen-bond donors (Lipinski definition) is 1. The van der Waals surface area contributed by atoms with E-state index in [0.29, 0.717) is 22.9 Å². The van der Waals surface area contributed by atoms with E-state index in [2.05, 4.69) is 30.7 Å². The second kappa shape index (κ2) is 5.14. The van der Waals surface area contributed by atoms with Gasteiger partial charge in [0.1, 0.15) is 5.52 Å². The van der Waals surface area contributed by atoms with Crippen LogP contribution in [0, 0.1) is 5.92 Å². The number of nitrogens with two attached hydrogens (primary N) is 1. The summed E-state index contributed by atoms with van der Waals surface area (Å²) in [7, 11) is 0. The van der Waals surface area contributed by atoms with Crippen LogP contribution in [0.1, 0.15) is 39.7 Å². The van der Waals surface area contributed by atoms with Crippen molar-refractivity contribution in [1.29, 1.82) is 0 Å². The first-order chi connectivity index (χ1) is 8.52. The number of aromatic nitrogens is 3. The average molecular weight is 267 g/mol. The molecule has 0 aliphatic carbocycles. The van der Waals surface area contributed by atoms with Crippen LogP contribution in [0.4, 0.5) is 5.95 Å². The van der Waals surface area contributed by atoms with Crippen molar-refractivity contribution >= 4 is 28.7 Å². The third-order valence-electron chi connectivity index (χ3n) is 3.41. The number of nitrogen functional groups attached to an aromatic ring is 1. The van der Waals surface area contributed by atoms with Gasteiger partial charge < -0.3 is 5.73 Å². The van der Waals surface area contributed by atoms with Crippen LogP contribution in [0.5, 0.6) is 0 Å². The summed E-state index contributed by atoms with van der Waals surface area (Å²) < 4.78 is 2.00. The molecule has 0 bridgehead atoms. The van der Waals surface area contributed by atoms with E-state index < -0.39 is 0 Å². The van der Waals surface area contributed by atoms with E-state index in [-0.39, 0.29) is 0 Å². The Labute approximate surface area is 112 Å². The largest absolute Gasteiger partial charge is 0.369 e. The van der Waals surface area contributed by atoms with Crippen molar-refractivity contribution in [2.75, 3.05) is 5.73 Å². The van der Waals surface area contributed by atoms with E-state index in [1.54, 1.807) is 12.3 Å². The molecule has 0 radical (unpaired) electrons. The maximum absolute atomic E-state index is 5.99. The Morgan fingerprint density at radius 3 is 2.83 bits per heavy atom. The smallest absolute Gasteiger partial charge is 0.202 e. The predicted octanol–water partition coefficient (Wildman–Crippen LogP) is 3.66. The van der Waals surface area contributed by atoms with Gasteiger partial charge in [0.15, 0.2) is 5.65 Å². The van der Waals surface area contributed by atoms with Gasteiger partial charge in [0.2, 0.25) is 5.95 Å². The Morgan fingerprint density at radius 2 is 2.17 bits per heavy atom. The van der Waals surface area contributed by atoms with Gasteiger partial charge in [-0.15, -0.1) is 0 Å². The molecule has 0 aromatic carbocycles. The molecule has 0 saturated carbocycles. The van der Waals surface area contributed by atoms with Gasteiger partial charge in [-0.05, 0) is 25.3 Å². The zero-order valence-corrected chi connectivity index (χ0v) is 11.8. The van der Waals surface area contributed by atoms with Crippen LogP contribution in [0.25, 0.3) is 11.2 Å². The fraction of sp³-hybridized carbons (Fsp3) is 0.538. The minimum atomic E-state index is 0.290. The molecule has 2 rings (SSSR count). The first-order valence-electron chi connectivity index (χ1n) is 6.31. The molecule has 2 atom stereocenters. The molecule has 2 unspecified atom stereocenters. The summed E-state index contributed by atoms with van der Waals surface area (Å²) in [5, 5.41) is 0.585. The van der Waals surface area contributed by atoms with Gasteiger partial charge in [-0.1, -0.05) is 31.9 Å². The second-order valence-electron chi connectivity index (χ2n) is 4.93. The summed E-state index contributed by atoms with van der Waals surface area (Å²) in [6, 6.07) is 2.09. The van der Waals surface area contributed by atoms with Crippen molar-refractivity contribution in [3.8, 4) is 0 Å². The SMILES string of the molecule is CCC(C)CC(C)n1c(N)nc2cc(Cl)cnc21. The first kappa shape index (κ1) is 13.1. The molecule has 2 aromatic heterocycles. The molecule has 98 valence electrons. The van der Waals surface area contributed by atoms with Crippen LogP contribution in [0.3, 0.4) is 0 Å². The van der Waals surface area contributed by atoms with E-state index in [0.717, 1.165) is 24.0 Å². The number of imidazole rings is 1. The van der Waals surface area contributed by atoms with Gasteiger partial charge in [-0.3, -0.25) is 4.57 Å². The minimum Gasteiger partial charge on any atom is -0.369 e. The van der Waals surface area contributed by atoms with Gasteiger partial charge in [-0.25, -0.2) is 9.97 Å². The standard InChI is InChI=1S/C13H19ClN4/c1-4-8(2)5-9(3)18-12-11(17-13(18)15)6-10(14)7-16-12/h6-9H,4-5H2,1-3H3,(H2,15,17). The number of rotatable bonds is 4. The average Bonchev–Trinajstić information content (AvgIpc) is 2.63. The fourth-order valence-corrected chi connectivity index (χ4v) is 2.42. The molecule has 0 spiro atoms. The van der Waals surface area contributed by atoms with Crippen molar-refractivity contribution in [1.82, 2.24) is 14.5 Å². The van der Waals surface area contributed by atoms with Gasteiger partial charge in [0.25, 0.3) is 0 Å². The molecule has 18 heavy (non-hydrogen) atoms. The fourth-order valence-electron chi connectivity index (χ4n) is 2.26. The van der Waals surface area contributed by atoms with Crippen molar-refractivity contribution in [2.24, 2.45) is 5.92 Å². The molecule has 0 saturated heterocycles. The molecule has 0 aliphatic heterocycles. The molecule has 5 heteroatoms. The summed E-state index contributed by atoms with van der Waals surface area (Å²) in [5.41, 5.74) is 7.56. The third kappa shape index (κ3) is 2.43. The number of pyridine rings is 1. The maximum atomic E-state index is 5.99. The molecule has 2 aromatic rings. The predicted molar refractivity (Wildman–Crippen MR) is 75.7 cm³/mol. The van der Waals surface area contributed by atoms with E-state index in [9.17, 15) is 0 Å². The quantitative estimate of drug-likeness (QED) is 0.919. The van der Waals surface area contributed by atoms with E-state index >= 15 is 0 Å². The van der Waals surface area contributed by atoms with Gasteiger partial charge in [0, 0.05) is 12.2 Å². The second-order valence-corrected chi connectivity index (χ2v) is 5.37. The molecule has 2 heterocycles. The van der Waals surface area contributed by atoms with Crippen LogP contribution >= 0.6 is 11.6 Å². The van der Waals surface area contributed by atoms with Gasteiger partial charge >= 0.3 is 0 Å². The Morgan fingerprint density at radius 1 is 1.44 bits per heavy atom. The Balaban J connectivity index is 2.40. The lowest BCUT2D eigenvalue weighted by molar-refractivity contribution is 0.406. The highest BCUT2D eigenvalue weighted by Gasteiger charge is 2.17. The molecule has 4 nitrogen and oxygen atoms in total. The molecular formula is C13H19ClN4. The van der Waals surface area contributed by atoms with Crippen molar-refractivity contribution < 1.29 is 0 Å². The number of nitrogens with zero attached hydrogens (tertiary/aromatic N) is 3. The summed E-state index contributed by atoms with van der Waals surface area (Å²) in [4.78, 5) is 8.67. The van der Waals surface area contributed by atoms with Gasteiger partial charge in [0.05, 0.1) is 5.02 Å². The lowest BCUT2D eigenvalue weighted by Crippen LogP contribution is -2.12. The lowest BCUT2D eigenvalue weighted by Gasteiger charge is -2.18. The topological polar surface area (TPSA) is 56.7 Å². The zero-order valence-electron chi connectivity index (χ0n) is 11.0. The number of anilines is 1. The lowest BCUT2D eigenvalue weighted by atomic mass is 10.0. The number of fused-ring (bicyclic) bond motifs is 1. The number of halogens is 1. The highest BCUT2D eigenvalue weighted by Crippen LogP contribution is 2.27. The Kier molecular flexibility index (Phi) is 3.76. The molecule has 0 aliphatic rings. The number of hydrogen-bond acceptors (Lipinski definition) is 3. The van der Waals surface area contributed by atoms with Crippen molar-refractivity contribution in [2.45, 2.75) is 39.7 Å². The molecule has 0 amide bonds. The Bertz CT molecular complexity index is 549.